The van der Waals surface area contributed by atoms with Gasteiger partial charge in [0.25, 0.3) is 0 Å². The number of hydrogen-bond acceptors (Lipinski definition) is 2. The Bertz CT molecular complexity index is 870. The van der Waals surface area contributed by atoms with E-state index in [4.69, 9.17) is 11.6 Å². The molecule has 0 aliphatic rings. The zero-order valence-corrected chi connectivity index (χ0v) is 13.9. The number of fused-ring (bicyclic) bond motifs is 1. The van der Waals surface area contributed by atoms with Crippen LogP contribution < -0.4 is 5.32 Å². The van der Waals surface area contributed by atoms with E-state index in [0.717, 1.165) is 22.2 Å². The molecule has 3 aromatic rings. The number of amides is 1. The van der Waals surface area contributed by atoms with Crippen LogP contribution >= 0.6 is 11.6 Å². The number of nitrogens with zero attached hydrogens (tertiary/aromatic N) is 2. The first-order valence-electron chi connectivity index (χ1n) is 7.51. The van der Waals surface area contributed by atoms with Crippen LogP contribution in [0, 0.1) is 13.8 Å². The molecule has 0 saturated heterocycles. The van der Waals surface area contributed by atoms with Crippen molar-refractivity contribution in [1.29, 1.82) is 0 Å². The number of carbonyl (C=O) groups excluding carboxylic acids is 1. The van der Waals surface area contributed by atoms with Crippen LogP contribution in [0.2, 0.25) is 5.02 Å². The van der Waals surface area contributed by atoms with Crippen molar-refractivity contribution in [2.45, 2.75) is 26.8 Å². The van der Waals surface area contributed by atoms with Gasteiger partial charge in [-0.1, -0.05) is 17.7 Å². The zero-order chi connectivity index (χ0) is 16.4. The minimum Gasteiger partial charge on any atom is -0.326 e. The SMILES string of the molecule is Cc1ccc(NC(=O)CCn2ncc3cc(Cl)ccc32)cc1C. The molecule has 0 radical (unpaired) electrons. The summed E-state index contributed by atoms with van der Waals surface area (Å²) in [5, 5.41) is 8.91. The maximum atomic E-state index is 12.1. The van der Waals surface area contributed by atoms with E-state index in [-0.39, 0.29) is 5.91 Å². The van der Waals surface area contributed by atoms with Crippen molar-refractivity contribution in [3.05, 3.63) is 58.7 Å². The molecule has 1 heterocycles. The second-order valence-corrected chi connectivity index (χ2v) is 6.10. The lowest BCUT2D eigenvalue weighted by Gasteiger charge is -2.08. The standard InChI is InChI=1S/C18H18ClN3O/c1-12-3-5-16(9-13(12)2)21-18(23)7-8-22-17-6-4-15(19)10-14(17)11-20-22/h3-6,9-11H,7-8H2,1-2H3,(H,21,23). The number of aryl methyl sites for hydroxylation is 3. The number of anilines is 1. The quantitative estimate of drug-likeness (QED) is 0.775. The molecular formula is C18H18ClN3O. The van der Waals surface area contributed by atoms with Crippen LogP contribution in [-0.4, -0.2) is 15.7 Å². The molecule has 0 saturated carbocycles. The maximum absolute atomic E-state index is 12.1. The Morgan fingerprint density at radius 3 is 2.78 bits per heavy atom. The highest BCUT2D eigenvalue weighted by molar-refractivity contribution is 6.31. The molecule has 1 N–H and O–H groups in total. The summed E-state index contributed by atoms with van der Waals surface area (Å²) >= 11 is 5.97. The van der Waals surface area contributed by atoms with Crippen molar-refractivity contribution >= 4 is 34.1 Å². The summed E-state index contributed by atoms with van der Waals surface area (Å²) in [7, 11) is 0. The first-order chi connectivity index (χ1) is 11.0. The van der Waals surface area contributed by atoms with Crippen LogP contribution in [0.5, 0.6) is 0 Å². The highest BCUT2D eigenvalue weighted by Gasteiger charge is 2.07. The average Bonchev–Trinajstić information content (AvgIpc) is 2.91. The van der Waals surface area contributed by atoms with Gasteiger partial charge in [-0.25, -0.2) is 0 Å². The predicted molar refractivity (Wildman–Crippen MR) is 93.9 cm³/mol. The molecule has 0 aliphatic heterocycles. The van der Waals surface area contributed by atoms with Crippen molar-refractivity contribution in [3.8, 4) is 0 Å². The van der Waals surface area contributed by atoms with E-state index in [0.29, 0.717) is 18.0 Å². The van der Waals surface area contributed by atoms with Crippen LogP contribution in [0.25, 0.3) is 10.9 Å². The number of benzene rings is 2. The summed E-state index contributed by atoms with van der Waals surface area (Å²) in [5.41, 5.74) is 4.19. The van der Waals surface area contributed by atoms with Crippen molar-refractivity contribution < 1.29 is 4.79 Å². The average molecular weight is 328 g/mol. The number of carbonyl (C=O) groups is 1. The Morgan fingerprint density at radius 2 is 2.00 bits per heavy atom. The van der Waals surface area contributed by atoms with Gasteiger partial charge in [0.05, 0.1) is 18.3 Å². The summed E-state index contributed by atoms with van der Waals surface area (Å²) in [6.07, 6.45) is 2.13. The van der Waals surface area contributed by atoms with Gasteiger partial charge in [-0.2, -0.15) is 5.10 Å². The van der Waals surface area contributed by atoms with Gasteiger partial charge in [0.15, 0.2) is 0 Å². The summed E-state index contributed by atoms with van der Waals surface area (Å²) in [4.78, 5) is 12.1. The van der Waals surface area contributed by atoms with E-state index < -0.39 is 0 Å². The van der Waals surface area contributed by atoms with Gasteiger partial charge in [0.1, 0.15) is 0 Å². The molecule has 0 unspecified atom stereocenters. The maximum Gasteiger partial charge on any atom is 0.226 e. The Hall–Kier alpha value is -2.33. The van der Waals surface area contributed by atoms with Crippen LogP contribution in [-0.2, 0) is 11.3 Å². The van der Waals surface area contributed by atoms with Crippen LogP contribution in [0.1, 0.15) is 17.5 Å². The Balaban J connectivity index is 1.65. The van der Waals surface area contributed by atoms with Gasteiger partial charge in [-0.3, -0.25) is 9.48 Å². The zero-order valence-electron chi connectivity index (χ0n) is 13.1. The Kier molecular flexibility index (Phi) is 4.35. The predicted octanol–water partition coefficient (Wildman–Crippen LogP) is 4.34. The second-order valence-electron chi connectivity index (χ2n) is 5.67. The topological polar surface area (TPSA) is 46.9 Å². The molecule has 4 nitrogen and oxygen atoms in total. The lowest BCUT2D eigenvalue weighted by atomic mass is 10.1. The molecule has 2 aromatic carbocycles. The molecule has 0 aliphatic carbocycles. The third-order valence-corrected chi connectivity index (χ3v) is 4.18. The lowest BCUT2D eigenvalue weighted by molar-refractivity contribution is -0.116. The molecular weight excluding hydrogens is 310 g/mol. The minimum atomic E-state index is -0.0223. The van der Waals surface area contributed by atoms with Gasteiger partial charge in [-0.05, 0) is 55.3 Å². The van der Waals surface area contributed by atoms with E-state index in [2.05, 4.69) is 17.3 Å². The van der Waals surface area contributed by atoms with E-state index in [1.54, 1.807) is 6.20 Å². The number of nitrogens with one attached hydrogen (secondary N) is 1. The van der Waals surface area contributed by atoms with Crippen LogP contribution in [0.4, 0.5) is 5.69 Å². The van der Waals surface area contributed by atoms with Gasteiger partial charge in [0.2, 0.25) is 5.91 Å². The minimum absolute atomic E-state index is 0.0223. The van der Waals surface area contributed by atoms with Gasteiger partial charge < -0.3 is 5.32 Å². The highest BCUT2D eigenvalue weighted by Crippen LogP contribution is 2.19. The summed E-state index contributed by atoms with van der Waals surface area (Å²) < 4.78 is 1.83. The largest absolute Gasteiger partial charge is 0.326 e. The smallest absolute Gasteiger partial charge is 0.226 e. The van der Waals surface area contributed by atoms with E-state index in [1.807, 2.05) is 48.0 Å². The van der Waals surface area contributed by atoms with Crippen molar-refractivity contribution in [2.75, 3.05) is 5.32 Å². The fourth-order valence-electron chi connectivity index (χ4n) is 2.49. The molecule has 0 bridgehead atoms. The second kappa shape index (κ2) is 6.42. The van der Waals surface area contributed by atoms with E-state index in [9.17, 15) is 4.79 Å². The first-order valence-corrected chi connectivity index (χ1v) is 7.89. The molecule has 23 heavy (non-hydrogen) atoms. The van der Waals surface area contributed by atoms with Gasteiger partial charge in [-0.15, -0.1) is 0 Å². The summed E-state index contributed by atoms with van der Waals surface area (Å²) in [6, 6.07) is 11.5. The Labute approximate surface area is 140 Å². The lowest BCUT2D eigenvalue weighted by Crippen LogP contribution is -2.15. The summed E-state index contributed by atoms with van der Waals surface area (Å²) in [5.74, 6) is -0.0223. The monoisotopic (exact) mass is 327 g/mol. The number of halogens is 1. The van der Waals surface area contributed by atoms with E-state index >= 15 is 0 Å². The fourth-order valence-corrected chi connectivity index (χ4v) is 2.67. The Morgan fingerprint density at radius 1 is 1.17 bits per heavy atom. The van der Waals surface area contributed by atoms with Gasteiger partial charge >= 0.3 is 0 Å². The third kappa shape index (κ3) is 3.54. The normalized spacial score (nSPS) is 10.9. The summed E-state index contributed by atoms with van der Waals surface area (Å²) in [6.45, 7) is 4.61. The number of rotatable bonds is 4. The molecule has 1 aromatic heterocycles. The molecule has 0 atom stereocenters. The third-order valence-electron chi connectivity index (χ3n) is 3.95. The number of aromatic nitrogens is 2. The highest BCUT2D eigenvalue weighted by atomic mass is 35.5. The number of hydrogen-bond donors (Lipinski definition) is 1. The molecule has 5 heteroatoms. The van der Waals surface area contributed by atoms with Crippen molar-refractivity contribution in [3.63, 3.8) is 0 Å². The molecule has 118 valence electrons. The first kappa shape index (κ1) is 15.6. The molecule has 0 fully saturated rings. The molecule has 1 amide bonds. The van der Waals surface area contributed by atoms with Crippen LogP contribution in [0.15, 0.2) is 42.6 Å². The fraction of sp³-hybridized carbons (Fsp3) is 0.222. The van der Waals surface area contributed by atoms with E-state index in [1.165, 1.54) is 5.56 Å². The molecule has 3 rings (SSSR count). The van der Waals surface area contributed by atoms with Crippen molar-refractivity contribution in [1.82, 2.24) is 9.78 Å². The molecule has 0 spiro atoms. The van der Waals surface area contributed by atoms with Crippen LogP contribution in [0.3, 0.4) is 0 Å². The van der Waals surface area contributed by atoms with Gasteiger partial charge in [0, 0.05) is 22.5 Å². The van der Waals surface area contributed by atoms with Crippen molar-refractivity contribution in [2.24, 2.45) is 0 Å².